The standard InChI is InChI=1S/C34H31N5O5S.C28H27N5O3.C22H19BrN4O3S.C13H8BrIN2O2S/c35-22-26-20-24(6-8-32(26)44-27-11-16-42-17-12-27)29-10-13-36-34-30(29)21-31(39(34)45(40,41)28-4-2-1-3-5-28)25-7-9-33(37-23-25)38-14-18-43-19-15-38;29-17-21-15-19(1-3-26(21)36-22-6-11-34-12-7-22)23-5-8-30-28-24(23)16-25(32-28)20-2-4-27(31-18-20)33-9-13-35-14-10-33;23-19-8-9-24-22-18(19)14-21(27(22)31(28,29)17-4-2-1-3-5-17)20-7-6-16(15-25-20)26-10-12-30-13-11-26;14-11-6-7-16-13-10(11)8-12(15)17(13)20(18,19)9-4-2-1-3-5-9/h1-10,13,20-21,23,27H,11-12,14-19H2;1-5,8,15-16,18,22H,6-7,9-14H2,(H,30,32);1-9,14-15H,10-13H2;1-8H. The fourth-order valence-corrected chi connectivity index (χ4v) is 22.8. The summed E-state index contributed by atoms with van der Waals surface area (Å²) in [6.07, 6.45) is 15.2. The van der Waals surface area contributed by atoms with Crippen LogP contribution in [0.15, 0.2) is 279 Å². The van der Waals surface area contributed by atoms with E-state index in [-0.39, 0.29) is 32.5 Å². The molecule has 5 aliphatic rings. The molecule has 0 unspecified atom stereocenters. The van der Waals surface area contributed by atoms with Gasteiger partial charge in [0, 0.05) is 149 Å². The van der Waals surface area contributed by atoms with Gasteiger partial charge in [0.25, 0.3) is 30.1 Å². The van der Waals surface area contributed by atoms with Crippen molar-refractivity contribution in [1.82, 2.24) is 51.8 Å². The zero-order chi connectivity index (χ0) is 90.9. The smallest absolute Gasteiger partial charge is 0.270 e. The van der Waals surface area contributed by atoms with Gasteiger partial charge in [-0.2, -0.15) is 10.5 Å². The van der Waals surface area contributed by atoms with Crippen LogP contribution < -0.4 is 24.2 Å². The Kier molecular flexibility index (Phi) is 27.6. The van der Waals surface area contributed by atoms with E-state index < -0.39 is 30.1 Å². The second kappa shape index (κ2) is 40.4. The first-order valence-corrected chi connectivity index (χ1v) is 49.7. The number of anilines is 3. The van der Waals surface area contributed by atoms with E-state index in [1.54, 1.807) is 152 Å². The zero-order valence-corrected chi connectivity index (χ0v) is 78.7. The molecule has 5 aromatic carbocycles. The number of aromatic amines is 1. The third-order valence-electron chi connectivity index (χ3n) is 23.1. The predicted octanol–water partition coefficient (Wildman–Crippen LogP) is 17.4. The normalized spacial score (nSPS) is 15.3. The second-order valence-electron chi connectivity index (χ2n) is 31.2. The molecule has 16 heterocycles. The van der Waals surface area contributed by atoms with Crippen molar-refractivity contribution in [2.45, 2.75) is 52.6 Å². The fraction of sp³-hybridized carbons (Fsp3) is 0.227. The summed E-state index contributed by atoms with van der Waals surface area (Å²) >= 11 is 8.94. The highest BCUT2D eigenvalue weighted by Gasteiger charge is 2.32. The molecule has 0 aliphatic carbocycles. The van der Waals surface area contributed by atoms with Crippen LogP contribution in [0.25, 0.3) is 100 Å². The van der Waals surface area contributed by atoms with E-state index in [2.05, 4.69) is 117 Å². The molecular weight excluding hydrogens is 1980 g/mol. The average Bonchev–Trinajstić information content (AvgIpc) is 1.59. The van der Waals surface area contributed by atoms with Crippen molar-refractivity contribution in [1.29, 1.82) is 10.5 Å². The number of morpholine rings is 3. The minimum atomic E-state index is -4.05. The maximum absolute atomic E-state index is 14.2. The number of benzene rings is 5. The van der Waals surface area contributed by atoms with E-state index in [9.17, 15) is 35.8 Å². The van der Waals surface area contributed by atoms with Gasteiger partial charge in [-0.05, 0) is 222 Å². The number of rotatable bonds is 18. The highest BCUT2D eigenvalue weighted by atomic mass is 127. The van der Waals surface area contributed by atoms with Gasteiger partial charge in [0.2, 0.25) is 0 Å². The Morgan fingerprint density at radius 2 is 0.803 bits per heavy atom. The highest BCUT2D eigenvalue weighted by Crippen LogP contribution is 2.42. The third-order valence-corrected chi connectivity index (χ3v) is 30.8. The molecule has 132 heavy (non-hydrogen) atoms. The van der Waals surface area contributed by atoms with Crippen LogP contribution in [0.4, 0.5) is 17.3 Å². The third kappa shape index (κ3) is 19.3. The fourth-order valence-electron chi connectivity index (χ4n) is 16.3. The number of hydrogen-bond donors (Lipinski definition) is 1. The van der Waals surface area contributed by atoms with Gasteiger partial charge >= 0.3 is 0 Å². The molecule has 5 fully saturated rings. The van der Waals surface area contributed by atoms with Gasteiger partial charge in [-0.3, -0.25) is 4.98 Å². The first-order valence-electron chi connectivity index (χ1n) is 42.7. The average molecular weight is 2070 g/mol. The number of aromatic nitrogens is 11. The van der Waals surface area contributed by atoms with Gasteiger partial charge in [-0.25, -0.2) is 67.1 Å². The van der Waals surface area contributed by atoms with Gasteiger partial charge in [-0.1, -0.05) is 66.7 Å². The van der Waals surface area contributed by atoms with Crippen molar-refractivity contribution >= 4 is 146 Å². The molecule has 1 N–H and O–H groups in total. The van der Waals surface area contributed by atoms with Crippen molar-refractivity contribution in [3.63, 3.8) is 0 Å². The molecule has 29 nitrogen and oxygen atoms in total. The summed E-state index contributed by atoms with van der Waals surface area (Å²) in [4.78, 5) is 42.3. The van der Waals surface area contributed by atoms with Crippen molar-refractivity contribution in [3.05, 3.63) is 279 Å². The number of nitrogens with one attached hydrogen (secondary N) is 1. The van der Waals surface area contributed by atoms with E-state index in [1.807, 2.05) is 108 Å². The van der Waals surface area contributed by atoms with Crippen LogP contribution in [0.5, 0.6) is 11.5 Å². The number of nitriles is 2. The molecule has 16 aromatic rings. The Bertz CT molecular complexity index is 7310. The topological polar surface area (TPSA) is 345 Å². The Hall–Kier alpha value is -12.4. The molecule has 0 saturated carbocycles. The zero-order valence-electron chi connectivity index (χ0n) is 70.9. The predicted molar refractivity (Wildman–Crippen MR) is 519 cm³/mol. The summed E-state index contributed by atoms with van der Waals surface area (Å²) < 4.78 is 127. The molecule has 0 radical (unpaired) electrons. The van der Waals surface area contributed by atoms with Crippen LogP contribution in [0.2, 0.25) is 0 Å². The van der Waals surface area contributed by atoms with E-state index in [0.29, 0.717) is 124 Å². The summed E-state index contributed by atoms with van der Waals surface area (Å²) in [5.41, 5.74) is 11.3. The molecular formula is C97H85Br2IN16O13S3. The highest BCUT2D eigenvalue weighted by molar-refractivity contribution is 14.1. The van der Waals surface area contributed by atoms with Crippen molar-refractivity contribution in [2.24, 2.45) is 0 Å². The lowest BCUT2D eigenvalue weighted by Crippen LogP contribution is -2.36. The first-order chi connectivity index (χ1) is 64.4. The molecule has 670 valence electrons. The number of ether oxygens (including phenoxy) is 7. The van der Waals surface area contributed by atoms with Crippen LogP contribution in [0.1, 0.15) is 36.8 Å². The van der Waals surface area contributed by atoms with Crippen LogP contribution in [-0.2, 0) is 53.8 Å². The maximum Gasteiger partial charge on any atom is 0.270 e. The molecule has 5 saturated heterocycles. The number of nitrogens with zero attached hydrogens (tertiary/aromatic N) is 15. The number of halogens is 3. The van der Waals surface area contributed by atoms with Gasteiger partial charge in [0.05, 0.1) is 125 Å². The molecule has 0 spiro atoms. The summed E-state index contributed by atoms with van der Waals surface area (Å²) in [5, 5.41) is 22.9. The first kappa shape index (κ1) is 90.2. The lowest BCUT2D eigenvalue weighted by Gasteiger charge is -2.28. The minimum absolute atomic E-state index is 0.00707. The Morgan fingerprint density at radius 3 is 1.28 bits per heavy atom. The van der Waals surface area contributed by atoms with E-state index in [4.69, 9.17) is 33.2 Å². The van der Waals surface area contributed by atoms with Crippen LogP contribution in [-0.4, -0.2) is 195 Å². The van der Waals surface area contributed by atoms with Crippen molar-refractivity contribution < 1.29 is 58.4 Å². The molecule has 21 rings (SSSR count). The van der Waals surface area contributed by atoms with Gasteiger partial charge in [0.15, 0.2) is 16.9 Å². The van der Waals surface area contributed by atoms with Gasteiger partial charge in [-0.15, -0.1) is 0 Å². The van der Waals surface area contributed by atoms with E-state index >= 15 is 0 Å². The lowest BCUT2D eigenvalue weighted by atomic mass is 10.0. The number of H-pyrrole nitrogens is 1. The molecule has 0 bridgehead atoms. The quantitative estimate of drug-likeness (QED) is 0.0780. The van der Waals surface area contributed by atoms with E-state index in [1.165, 1.54) is 11.9 Å². The van der Waals surface area contributed by atoms with Crippen molar-refractivity contribution in [3.8, 4) is 79.8 Å². The molecule has 0 atom stereocenters. The minimum Gasteiger partial charge on any atom is -0.489 e. The largest absolute Gasteiger partial charge is 0.489 e. The molecule has 11 aromatic heterocycles. The second-order valence-corrected chi connectivity index (χ2v) is 39.4. The van der Waals surface area contributed by atoms with Crippen LogP contribution >= 0.6 is 54.5 Å². The summed E-state index contributed by atoms with van der Waals surface area (Å²) in [6.45, 7) is 11.6. The Morgan fingerprint density at radius 1 is 0.386 bits per heavy atom. The molecule has 5 aliphatic heterocycles. The monoisotopic (exact) mass is 2060 g/mol. The SMILES string of the molecule is N#Cc1cc(-c2ccnc3[nH]c(-c4ccc(N5CCOCC5)nc4)cc23)ccc1OC1CCOCC1.N#Cc1cc(-c2ccnc3c2cc(-c2ccc(N4CCOCC4)nc2)n3S(=O)(=O)c2ccccc2)ccc1OC1CCOCC1.O=S(=O)(c1ccccc1)n1c(-c2ccc(N3CCOCC3)cn2)cc2c(Br)ccnc21.O=S(=O)(c1ccccc1)n1c(I)cc2c(Br)ccnc21. The van der Waals surface area contributed by atoms with Crippen LogP contribution in [0, 0.1) is 26.4 Å². The van der Waals surface area contributed by atoms with Crippen LogP contribution in [0.3, 0.4) is 0 Å². The van der Waals surface area contributed by atoms with Gasteiger partial charge in [0.1, 0.15) is 53.1 Å². The maximum atomic E-state index is 14.2. The Labute approximate surface area is 792 Å². The number of hydrogen-bond acceptors (Lipinski definition) is 25. The number of pyridine rings is 7. The number of fused-ring (bicyclic) bond motifs is 4. The summed E-state index contributed by atoms with van der Waals surface area (Å²) in [7, 11) is -11.6. The summed E-state index contributed by atoms with van der Waals surface area (Å²) in [5.74, 6) is 2.92. The molecule has 0 amide bonds. The summed E-state index contributed by atoms with van der Waals surface area (Å²) in [6, 6.07) is 67.6. The van der Waals surface area contributed by atoms with Gasteiger partial charge < -0.3 is 52.8 Å². The van der Waals surface area contributed by atoms with Crippen molar-refractivity contribution in [2.75, 3.05) is 120 Å². The van der Waals surface area contributed by atoms with E-state index in [0.717, 1.165) is 154 Å². The lowest BCUT2D eigenvalue weighted by molar-refractivity contribution is 0.0252. The Balaban J connectivity index is 0.000000122. The molecule has 35 heteroatoms.